The van der Waals surface area contributed by atoms with Gasteiger partial charge in [-0.2, -0.15) is 11.3 Å². The summed E-state index contributed by atoms with van der Waals surface area (Å²) >= 11 is 1.75. The first-order chi connectivity index (χ1) is 9.74. The van der Waals surface area contributed by atoms with Crippen LogP contribution >= 0.6 is 11.3 Å². The van der Waals surface area contributed by atoms with Gasteiger partial charge >= 0.3 is 0 Å². The standard InChI is InChI=1S/C16H18N2OS/c17-16(19)13-4-1-3-12(9-13)10-18-7-2-5-15(18)14-6-8-20-11-14/h1,3-4,6,8-9,11,15H,2,5,7,10H2,(H2,17,19)/t15-/m0/s1. The molecule has 1 aromatic heterocycles. The molecule has 2 N–H and O–H groups in total. The summed E-state index contributed by atoms with van der Waals surface area (Å²) in [6, 6.07) is 10.4. The van der Waals surface area contributed by atoms with E-state index in [0.29, 0.717) is 11.6 Å². The largest absolute Gasteiger partial charge is 0.366 e. The lowest BCUT2D eigenvalue weighted by atomic mass is 10.1. The van der Waals surface area contributed by atoms with Gasteiger partial charge in [-0.1, -0.05) is 12.1 Å². The van der Waals surface area contributed by atoms with E-state index in [2.05, 4.69) is 27.8 Å². The highest BCUT2D eigenvalue weighted by molar-refractivity contribution is 7.07. The van der Waals surface area contributed by atoms with Gasteiger partial charge in [0, 0.05) is 18.2 Å². The number of hydrogen-bond donors (Lipinski definition) is 1. The van der Waals surface area contributed by atoms with Crippen molar-refractivity contribution in [2.75, 3.05) is 6.54 Å². The van der Waals surface area contributed by atoms with Crippen LogP contribution in [0.4, 0.5) is 0 Å². The topological polar surface area (TPSA) is 46.3 Å². The van der Waals surface area contributed by atoms with Crippen LogP contribution in [0.15, 0.2) is 41.1 Å². The Hall–Kier alpha value is -1.65. The van der Waals surface area contributed by atoms with Crippen molar-refractivity contribution >= 4 is 17.2 Å². The first kappa shape index (κ1) is 13.3. The lowest BCUT2D eigenvalue weighted by Gasteiger charge is -2.24. The fourth-order valence-electron chi connectivity index (χ4n) is 2.91. The number of nitrogens with zero attached hydrogens (tertiary/aromatic N) is 1. The fourth-order valence-corrected chi connectivity index (χ4v) is 3.62. The Morgan fingerprint density at radius 3 is 3.05 bits per heavy atom. The minimum Gasteiger partial charge on any atom is -0.366 e. The van der Waals surface area contributed by atoms with Gasteiger partial charge in [0.15, 0.2) is 0 Å². The van der Waals surface area contributed by atoms with E-state index in [-0.39, 0.29) is 5.91 Å². The second kappa shape index (κ2) is 5.77. The molecule has 0 bridgehead atoms. The van der Waals surface area contributed by atoms with Crippen molar-refractivity contribution in [1.29, 1.82) is 0 Å². The van der Waals surface area contributed by atoms with Crippen LogP contribution < -0.4 is 5.73 Å². The van der Waals surface area contributed by atoms with E-state index < -0.39 is 0 Å². The second-order valence-electron chi connectivity index (χ2n) is 5.25. The Morgan fingerprint density at radius 2 is 2.30 bits per heavy atom. The van der Waals surface area contributed by atoms with Crippen molar-refractivity contribution in [3.63, 3.8) is 0 Å². The number of thiophene rings is 1. The van der Waals surface area contributed by atoms with E-state index >= 15 is 0 Å². The molecule has 0 unspecified atom stereocenters. The molecule has 20 heavy (non-hydrogen) atoms. The number of carbonyl (C=O) groups excluding carboxylic acids is 1. The molecule has 1 atom stereocenters. The maximum Gasteiger partial charge on any atom is 0.248 e. The number of likely N-dealkylation sites (tertiary alicyclic amines) is 1. The molecule has 0 saturated carbocycles. The van der Waals surface area contributed by atoms with E-state index in [0.717, 1.165) is 18.7 Å². The van der Waals surface area contributed by atoms with Crippen molar-refractivity contribution in [2.45, 2.75) is 25.4 Å². The average molecular weight is 286 g/mol. The van der Waals surface area contributed by atoms with E-state index in [9.17, 15) is 4.79 Å². The summed E-state index contributed by atoms with van der Waals surface area (Å²) in [4.78, 5) is 13.7. The highest BCUT2D eigenvalue weighted by Gasteiger charge is 2.26. The number of carbonyl (C=O) groups is 1. The Bertz CT molecular complexity index is 594. The van der Waals surface area contributed by atoms with Crippen LogP contribution in [0, 0.1) is 0 Å². The molecule has 1 aliphatic heterocycles. The molecule has 104 valence electrons. The SMILES string of the molecule is NC(=O)c1cccc(CN2CCC[C@H]2c2ccsc2)c1. The van der Waals surface area contributed by atoms with Crippen LogP contribution in [0.1, 0.15) is 40.4 Å². The molecule has 1 saturated heterocycles. The van der Waals surface area contributed by atoms with Crippen LogP contribution in [0.3, 0.4) is 0 Å². The Labute approximate surface area is 123 Å². The van der Waals surface area contributed by atoms with Crippen molar-refractivity contribution in [1.82, 2.24) is 4.90 Å². The van der Waals surface area contributed by atoms with Crippen LogP contribution in [-0.4, -0.2) is 17.4 Å². The number of amides is 1. The molecule has 0 radical (unpaired) electrons. The smallest absolute Gasteiger partial charge is 0.248 e. The molecular formula is C16H18N2OS. The number of primary amides is 1. The summed E-state index contributed by atoms with van der Waals surface area (Å²) in [5.74, 6) is -0.359. The molecule has 2 aromatic rings. The van der Waals surface area contributed by atoms with Gasteiger partial charge in [-0.3, -0.25) is 9.69 Å². The maximum atomic E-state index is 11.3. The zero-order chi connectivity index (χ0) is 13.9. The lowest BCUT2D eigenvalue weighted by Crippen LogP contribution is -2.22. The van der Waals surface area contributed by atoms with E-state index in [4.69, 9.17) is 5.73 Å². The number of rotatable bonds is 4. The summed E-state index contributed by atoms with van der Waals surface area (Å²) in [5.41, 5.74) is 8.51. The molecule has 3 rings (SSSR count). The van der Waals surface area contributed by atoms with Gasteiger partial charge in [-0.05, 0) is 59.5 Å². The zero-order valence-corrected chi connectivity index (χ0v) is 12.1. The van der Waals surface area contributed by atoms with Crippen LogP contribution in [-0.2, 0) is 6.54 Å². The van der Waals surface area contributed by atoms with Gasteiger partial charge in [-0.15, -0.1) is 0 Å². The molecule has 1 amide bonds. The van der Waals surface area contributed by atoms with Gasteiger partial charge in [0.1, 0.15) is 0 Å². The summed E-state index contributed by atoms with van der Waals surface area (Å²) in [5, 5.41) is 4.38. The third-order valence-corrected chi connectivity index (χ3v) is 4.59. The normalized spacial score (nSPS) is 19.3. The first-order valence-electron chi connectivity index (χ1n) is 6.89. The summed E-state index contributed by atoms with van der Waals surface area (Å²) < 4.78 is 0. The summed E-state index contributed by atoms with van der Waals surface area (Å²) in [6.07, 6.45) is 2.45. The highest BCUT2D eigenvalue weighted by atomic mass is 32.1. The molecule has 0 aliphatic carbocycles. The van der Waals surface area contributed by atoms with Crippen LogP contribution in [0.5, 0.6) is 0 Å². The van der Waals surface area contributed by atoms with E-state index in [1.165, 1.54) is 18.4 Å². The number of benzene rings is 1. The molecule has 0 spiro atoms. The predicted molar refractivity (Wildman–Crippen MR) is 81.7 cm³/mol. The third-order valence-electron chi connectivity index (χ3n) is 3.89. The first-order valence-corrected chi connectivity index (χ1v) is 7.83. The summed E-state index contributed by atoms with van der Waals surface area (Å²) in [6.45, 7) is 1.99. The fraction of sp³-hybridized carbons (Fsp3) is 0.312. The van der Waals surface area contributed by atoms with Gasteiger partial charge in [0.25, 0.3) is 0 Å². The van der Waals surface area contributed by atoms with Gasteiger partial charge in [-0.25, -0.2) is 0 Å². The Kier molecular flexibility index (Phi) is 3.85. The molecule has 4 heteroatoms. The van der Waals surface area contributed by atoms with Crippen molar-refractivity contribution in [2.24, 2.45) is 5.73 Å². The van der Waals surface area contributed by atoms with Crippen molar-refractivity contribution in [3.05, 3.63) is 57.8 Å². The average Bonchev–Trinajstić information content (AvgIpc) is 3.09. The molecule has 1 fully saturated rings. The Balaban J connectivity index is 1.77. The minimum atomic E-state index is -0.359. The van der Waals surface area contributed by atoms with Gasteiger partial charge in [0.2, 0.25) is 5.91 Å². The summed E-state index contributed by atoms with van der Waals surface area (Å²) in [7, 11) is 0. The van der Waals surface area contributed by atoms with Crippen molar-refractivity contribution in [3.8, 4) is 0 Å². The third kappa shape index (κ3) is 2.76. The van der Waals surface area contributed by atoms with Crippen LogP contribution in [0.25, 0.3) is 0 Å². The number of nitrogens with two attached hydrogens (primary N) is 1. The van der Waals surface area contributed by atoms with Crippen LogP contribution in [0.2, 0.25) is 0 Å². The maximum absolute atomic E-state index is 11.3. The monoisotopic (exact) mass is 286 g/mol. The molecule has 1 aromatic carbocycles. The van der Waals surface area contributed by atoms with Gasteiger partial charge in [0.05, 0.1) is 0 Å². The molecule has 2 heterocycles. The van der Waals surface area contributed by atoms with E-state index in [1.807, 2.05) is 12.1 Å². The predicted octanol–water partition coefficient (Wildman–Crippen LogP) is 3.18. The van der Waals surface area contributed by atoms with Gasteiger partial charge < -0.3 is 5.73 Å². The highest BCUT2D eigenvalue weighted by Crippen LogP contribution is 2.34. The molecular weight excluding hydrogens is 268 g/mol. The lowest BCUT2D eigenvalue weighted by molar-refractivity contribution is 0.1000. The zero-order valence-electron chi connectivity index (χ0n) is 11.3. The molecule has 1 aliphatic rings. The van der Waals surface area contributed by atoms with Crippen molar-refractivity contribution < 1.29 is 4.79 Å². The molecule has 3 nitrogen and oxygen atoms in total. The Morgan fingerprint density at radius 1 is 1.40 bits per heavy atom. The van der Waals surface area contributed by atoms with E-state index in [1.54, 1.807) is 17.4 Å². The minimum absolute atomic E-state index is 0.359. The second-order valence-corrected chi connectivity index (χ2v) is 6.03. The number of hydrogen-bond acceptors (Lipinski definition) is 3. The quantitative estimate of drug-likeness (QED) is 0.938.